The van der Waals surface area contributed by atoms with Crippen molar-refractivity contribution in [2.24, 2.45) is 0 Å². The maximum absolute atomic E-state index is 13.1. The molecule has 2 aromatic carbocycles. The summed E-state index contributed by atoms with van der Waals surface area (Å²) in [5, 5.41) is 2.67. The molecule has 0 atom stereocenters. The van der Waals surface area contributed by atoms with E-state index in [9.17, 15) is 22.4 Å². The van der Waals surface area contributed by atoms with E-state index in [2.05, 4.69) is 10.0 Å². The fourth-order valence-corrected chi connectivity index (χ4v) is 3.58. The van der Waals surface area contributed by atoms with Gasteiger partial charge in [-0.15, -0.1) is 0 Å². The number of hydrogen-bond donors (Lipinski definition) is 2. The quantitative estimate of drug-likeness (QED) is 0.478. The number of rotatable bonds is 9. The van der Waals surface area contributed by atoms with E-state index in [1.54, 1.807) is 13.8 Å². The zero-order chi connectivity index (χ0) is 21.4. The summed E-state index contributed by atoms with van der Waals surface area (Å²) in [6.07, 6.45) is 0.382. The van der Waals surface area contributed by atoms with Crippen LogP contribution >= 0.6 is 0 Å². The molecule has 0 aromatic heterocycles. The highest BCUT2D eigenvalue weighted by atomic mass is 32.2. The van der Waals surface area contributed by atoms with Gasteiger partial charge in [0.25, 0.3) is 0 Å². The second-order valence-electron chi connectivity index (χ2n) is 6.25. The Hall–Kier alpha value is -2.78. The van der Waals surface area contributed by atoms with Gasteiger partial charge < -0.3 is 10.1 Å². The molecule has 7 nitrogen and oxygen atoms in total. The second-order valence-corrected chi connectivity index (χ2v) is 8.02. The Labute approximate surface area is 169 Å². The SMILES string of the molecule is CCOC(=O)c1ccc(S(=O)(=O)NCCCC(=O)Nc2ccc(F)cc2C)cc1. The largest absolute Gasteiger partial charge is 0.462 e. The first-order chi connectivity index (χ1) is 13.7. The number of ether oxygens (including phenoxy) is 1. The summed E-state index contributed by atoms with van der Waals surface area (Å²) in [6.45, 7) is 3.66. The molecule has 0 radical (unpaired) electrons. The smallest absolute Gasteiger partial charge is 0.338 e. The zero-order valence-corrected chi connectivity index (χ0v) is 17.0. The van der Waals surface area contributed by atoms with Crippen LogP contribution < -0.4 is 10.0 Å². The number of carbonyl (C=O) groups is 2. The zero-order valence-electron chi connectivity index (χ0n) is 16.2. The lowest BCUT2D eigenvalue weighted by Crippen LogP contribution is -2.26. The van der Waals surface area contributed by atoms with Gasteiger partial charge in [0.2, 0.25) is 15.9 Å². The molecule has 0 saturated heterocycles. The number of halogens is 1. The molecular formula is C20H23FN2O5S. The number of anilines is 1. The number of hydrogen-bond acceptors (Lipinski definition) is 5. The van der Waals surface area contributed by atoms with Crippen LogP contribution in [0.15, 0.2) is 47.4 Å². The predicted molar refractivity (Wildman–Crippen MR) is 107 cm³/mol. The van der Waals surface area contributed by atoms with Gasteiger partial charge in [0.05, 0.1) is 17.1 Å². The van der Waals surface area contributed by atoms with Crippen molar-refractivity contribution in [3.8, 4) is 0 Å². The molecule has 156 valence electrons. The Morgan fingerprint density at radius 3 is 2.41 bits per heavy atom. The van der Waals surface area contributed by atoms with Crippen LogP contribution in [0.25, 0.3) is 0 Å². The number of aryl methyl sites for hydroxylation is 1. The summed E-state index contributed by atoms with van der Waals surface area (Å²) in [6, 6.07) is 9.44. The normalized spacial score (nSPS) is 11.1. The molecular weight excluding hydrogens is 399 g/mol. The first kappa shape index (κ1) is 22.5. The van der Waals surface area contributed by atoms with Crippen molar-refractivity contribution in [3.05, 3.63) is 59.4 Å². The number of amides is 1. The van der Waals surface area contributed by atoms with Gasteiger partial charge in [0, 0.05) is 18.7 Å². The predicted octanol–water partition coefficient (Wildman–Crippen LogP) is 3.01. The van der Waals surface area contributed by atoms with Gasteiger partial charge in [0.1, 0.15) is 5.82 Å². The van der Waals surface area contributed by atoms with Crippen molar-refractivity contribution in [1.29, 1.82) is 0 Å². The molecule has 1 amide bonds. The molecule has 2 rings (SSSR count). The van der Waals surface area contributed by atoms with Gasteiger partial charge >= 0.3 is 5.97 Å². The standard InChI is InChI=1S/C20H23FN2O5S/c1-3-28-20(25)15-6-9-17(10-7-15)29(26,27)22-12-4-5-19(24)23-18-11-8-16(21)13-14(18)2/h6-11,13,22H,3-5,12H2,1-2H3,(H,23,24). The first-order valence-corrected chi connectivity index (χ1v) is 10.5. The molecule has 9 heteroatoms. The second kappa shape index (κ2) is 10.1. The highest BCUT2D eigenvalue weighted by Crippen LogP contribution is 2.16. The third kappa shape index (κ3) is 6.65. The van der Waals surface area contributed by atoms with E-state index < -0.39 is 16.0 Å². The fourth-order valence-electron chi connectivity index (χ4n) is 2.50. The van der Waals surface area contributed by atoms with Crippen molar-refractivity contribution in [2.75, 3.05) is 18.5 Å². The van der Waals surface area contributed by atoms with Gasteiger partial charge in [0.15, 0.2) is 0 Å². The average Bonchev–Trinajstić information content (AvgIpc) is 2.68. The van der Waals surface area contributed by atoms with Crippen molar-refractivity contribution < 1.29 is 27.1 Å². The lowest BCUT2D eigenvalue weighted by atomic mass is 10.2. The summed E-state index contributed by atoms with van der Waals surface area (Å²) in [5.74, 6) is -1.20. The average molecular weight is 422 g/mol. The number of benzene rings is 2. The molecule has 0 bridgehead atoms. The van der Waals surface area contributed by atoms with E-state index in [0.29, 0.717) is 11.3 Å². The van der Waals surface area contributed by atoms with Crippen LogP contribution in [0, 0.1) is 12.7 Å². The maximum Gasteiger partial charge on any atom is 0.338 e. The third-order valence-electron chi connectivity index (χ3n) is 4.01. The van der Waals surface area contributed by atoms with Crippen LogP contribution in [0.5, 0.6) is 0 Å². The minimum atomic E-state index is -3.76. The molecule has 0 aliphatic carbocycles. The van der Waals surface area contributed by atoms with Crippen molar-refractivity contribution in [1.82, 2.24) is 4.72 Å². The Morgan fingerprint density at radius 1 is 1.10 bits per heavy atom. The maximum atomic E-state index is 13.1. The van der Waals surface area contributed by atoms with Gasteiger partial charge in [-0.1, -0.05) is 0 Å². The van der Waals surface area contributed by atoms with E-state index in [1.807, 2.05) is 0 Å². The summed E-state index contributed by atoms with van der Waals surface area (Å²) in [5.41, 5.74) is 1.38. The van der Waals surface area contributed by atoms with Crippen LogP contribution in [-0.2, 0) is 19.6 Å². The Morgan fingerprint density at radius 2 is 1.79 bits per heavy atom. The van der Waals surface area contributed by atoms with E-state index in [-0.39, 0.29) is 48.2 Å². The topological polar surface area (TPSA) is 102 Å². The molecule has 2 aromatic rings. The molecule has 0 spiro atoms. The summed E-state index contributed by atoms with van der Waals surface area (Å²) in [7, 11) is -3.76. The molecule has 0 saturated carbocycles. The minimum Gasteiger partial charge on any atom is -0.462 e. The lowest BCUT2D eigenvalue weighted by Gasteiger charge is -2.09. The van der Waals surface area contributed by atoms with Crippen LogP contribution in [0.1, 0.15) is 35.7 Å². The third-order valence-corrected chi connectivity index (χ3v) is 5.49. The summed E-state index contributed by atoms with van der Waals surface area (Å²) in [4.78, 5) is 23.6. The summed E-state index contributed by atoms with van der Waals surface area (Å²) < 4.78 is 44.9. The number of carbonyl (C=O) groups excluding carboxylic acids is 2. The minimum absolute atomic E-state index is 0.0111. The Balaban J connectivity index is 1.82. The Bertz CT molecular complexity index is 975. The number of esters is 1. The van der Waals surface area contributed by atoms with Crippen molar-refractivity contribution in [2.45, 2.75) is 31.6 Å². The molecule has 0 aliphatic heterocycles. The monoisotopic (exact) mass is 422 g/mol. The molecule has 0 aliphatic rings. The first-order valence-electron chi connectivity index (χ1n) is 9.06. The van der Waals surface area contributed by atoms with Crippen LogP contribution in [0.2, 0.25) is 0 Å². The van der Waals surface area contributed by atoms with Crippen LogP contribution in [0.4, 0.5) is 10.1 Å². The highest BCUT2D eigenvalue weighted by molar-refractivity contribution is 7.89. The fraction of sp³-hybridized carbons (Fsp3) is 0.300. The molecule has 0 fully saturated rings. The van der Waals surface area contributed by atoms with E-state index in [0.717, 1.165) is 0 Å². The van der Waals surface area contributed by atoms with Crippen molar-refractivity contribution >= 4 is 27.6 Å². The lowest BCUT2D eigenvalue weighted by molar-refractivity contribution is -0.116. The van der Waals surface area contributed by atoms with E-state index in [4.69, 9.17) is 4.74 Å². The summed E-state index contributed by atoms with van der Waals surface area (Å²) >= 11 is 0. The van der Waals surface area contributed by atoms with Gasteiger partial charge in [-0.3, -0.25) is 4.79 Å². The van der Waals surface area contributed by atoms with Gasteiger partial charge in [-0.25, -0.2) is 22.3 Å². The van der Waals surface area contributed by atoms with Crippen LogP contribution in [-0.4, -0.2) is 33.4 Å². The molecule has 0 heterocycles. The van der Waals surface area contributed by atoms with Crippen LogP contribution in [0.3, 0.4) is 0 Å². The number of nitrogens with one attached hydrogen (secondary N) is 2. The van der Waals surface area contributed by atoms with Crippen molar-refractivity contribution in [3.63, 3.8) is 0 Å². The van der Waals surface area contributed by atoms with Gasteiger partial charge in [-0.05, 0) is 68.3 Å². The Kier molecular flexibility index (Phi) is 7.86. The number of sulfonamides is 1. The van der Waals surface area contributed by atoms with Gasteiger partial charge in [-0.2, -0.15) is 0 Å². The van der Waals surface area contributed by atoms with E-state index in [1.165, 1.54) is 42.5 Å². The highest BCUT2D eigenvalue weighted by Gasteiger charge is 2.15. The molecule has 0 unspecified atom stereocenters. The van der Waals surface area contributed by atoms with E-state index >= 15 is 0 Å². The molecule has 29 heavy (non-hydrogen) atoms. The molecule has 2 N–H and O–H groups in total.